The highest BCUT2D eigenvalue weighted by Crippen LogP contribution is 2.43. The zero-order chi connectivity index (χ0) is 21.8. The van der Waals surface area contributed by atoms with E-state index in [1.165, 1.54) is 16.6 Å². The molecule has 0 radical (unpaired) electrons. The Hall–Kier alpha value is -3.28. The molecule has 2 fully saturated rings. The molecule has 1 aromatic heterocycles. The van der Waals surface area contributed by atoms with E-state index in [2.05, 4.69) is 5.32 Å². The van der Waals surface area contributed by atoms with E-state index in [0.29, 0.717) is 17.5 Å². The molecule has 30 heavy (non-hydrogen) atoms. The number of carboxylic acid groups (broad SMARTS) is 1. The Morgan fingerprint density at radius 3 is 2.73 bits per heavy atom. The van der Waals surface area contributed by atoms with Gasteiger partial charge in [-0.25, -0.2) is 14.0 Å². The van der Waals surface area contributed by atoms with Gasteiger partial charge >= 0.3 is 11.8 Å². The van der Waals surface area contributed by atoms with Gasteiger partial charge in [-0.3, -0.25) is 9.36 Å². The van der Waals surface area contributed by atoms with Crippen molar-refractivity contribution in [2.24, 2.45) is 0 Å². The number of nitrogens with one attached hydrogen (secondary N) is 1. The molecule has 1 amide bonds. The number of anilines is 1. The van der Waals surface area contributed by atoms with Gasteiger partial charge < -0.3 is 31.0 Å². The Morgan fingerprint density at radius 1 is 1.43 bits per heavy atom. The third-order valence-corrected chi connectivity index (χ3v) is 5.62. The van der Waals surface area contributed by atoms with Crippen LogP contribution in [0.2, 0.25) is 0 Å². The van der Waals surface area contributed by atoms with Crippen LogP contribution in [0.4, 0.5) is 14.9 Å². The highest BCUT2D eigenvalue weighted by atomic mass is 19.1. The number of halogens is 1. The van der Waals surface area contributed by atoms with E-state index in [1.807, 2.05) is 0 Å². The average Bonchev–Trinajstić information content (AvgIpc) is 3.46. The summed E-state index contributed by atoms with van der Waals surface area (Å²) in [5.74, 6) is 4.85. The summed E-state index contributed by atoms with van der Waals surface area (Å²) >= 11 is 0. The van der Waals surface area contributed by atoms with E-state index < -0.39 is 28.8 Å². The van der Waals surface area contributed by atoms with Crippen molar-refractivity contribution in [3.05, 3.63) is 32.7 Å². The van der Waals surface area contributed by atoms with E-state index >= 15 is 4.39 Å². The maximum absolute atomic E-state index is 15.2. The van der Waals surface area contributed by atoms with Gasteiger partial charge in [0.2, 0.25) is 0 Å². The quantitative estimate of drug-likeness (QED) is 0.473. The fourth-order valence-corrected chi connectivity index (χ4v) is 4.03. The molecule has 1 aliphatic carbocycles. The molecular formula is C18H22FN5O6. The molecule has 2 heterocycles. The number of amides is 1. The summed E-state index contributed by atoms with van der Waals surface area (Å²) in [6, 6.07) is 0.849. The second kappa shape index (κ2) is 6.90. The van der Waals surface area contributed by atoms with Crippen molar-refractivity contribution in [3.8, 4) is 5.75 Å². The molecule has 1 aliphatic heterocycles. The van der Waals surface area contributed by atoms with Crippen LogP contribution in [0.3, 0.4) is 0 Å². The standard InChI is InChI=1S/C18H22FN5O6/c1-30-14-12-10(15(25)24(20)17(28)23(12)9-2-3-9)6-11(19)13(14)22-5-4-18(29,8-22)7-21-16(26)27/h6,9,21,29H,2-5,7-8,20H2,1H3,(H,26,27). The Balaban J connectivity index is 1.88. The number of ether oxygens (including phenoxy) is 1. The van der Waals surface area contributed by atoms with Crippen LogP contribution in [0.5, 0.6) is 5.75 Å². The Kier molecular flexibility index (Phi) is 4.60. The van der Waals surface area contributed by atoms with Crippen molar-refractivity contribution >= 4 is 22.7 Å². The molecule has 162 valence electrons. The number of carbonyl (C=O) groups is 1. The second-order valence-corrected chi connectivity index (χ2v) is 7.75. The summed E-state index contributed by atoms with van der Waals surface area (Å²) in [6.45, 7) is -0.0626. The van der Waals surface area contributed by atoms with Gasteiger partial charge in [0.1, 0.15) is 16.8 Å². The van der Waals surface area contributed by atoms with Gasteiger partial charge in [-0.1, -0.05) is 0 Å². The normalized spacial score (nSPS) is 21.2. The molecule has 1 atom stereocenters. The number of aromatic nitrogens is 2. The van der Waals surface area contributed by atoms with E-state index in [0.717, 1.165) is 6.07 Å². The van der Waals surface area contributed by atoms with Crippen LogP contribution in [-0.2, 0) is 0 Å². The molecule has 1 saturated heterocycles. The lowest BCUT2D eigenvalue weighted by Crippen LogP contribution is -2.45. The number of nitrogen functional groups attached to an aromatic ring is 1. The molecule has 0 spiro atoms. The smallest absolute Gasteiger partial charge is 0.404 e. The molecular weight excluding hydrogens is 401 g/mol. The zero-order valence-electron chi connectivity index (χ0n) is 16.2. The second-order valence-electron chi connectivity index (χ2n) is 7.75. The number of aliphatic hydroxyl groups is 1. The van der Waals surface area contributed by atoms with Crippen molar-refractivity contribution in [1.29, 1.82) is 0 Å². The minimum Gasteiger partial charge on any atom is -0.492 e. The lowest BCUT2D eigenvalue weighted by molar-refractivity contribution is 0.0624. The predicted octanol–water partition coefficient (Wildman–Crippen LogP) is -0.432. The fourth-order valence-electron chi connectivity index (χ4n) is 4.03. The number of hydrogen-bond acceptors (Lipinski definition) is 7. The summed E-state index contributed by atoms with van der Waals surface area (Å²) in [6.07, 6.45) is 0.344. The molecule has 2 aromatic rings. The average molecular weight is 423 g/mol. The van der Waals surface area contributed by atoms with Crippen LogP contribution >= 0.6 is 0 Å². The van der Waals surface area contributed by atoms with Gasteiger partial charge in [-0.05, 0) is 25.3 Å². The molecule has 0 bridgehead atoms. The number of methoxy groups -OCH3 is 1. The number of benzene rings is 1. The molecule has 1 saturated carbocycles. The summed E-state index contributed by atoms with van der Waals surface area (Å²) in [4.78, 5) is 37.5. The zero-order valence-corrected chi connectivity index (χ0v) is 16.2. The molecule has 1 aromatic carbocycles. The summed E-state index contributed by atoms with van der Waals surface area (Å²) < 4.78 is 22.4. The fraction of sp³-hybridized carbons (Fsp3) is 0.500. The van der Waals surface area contributed by atoms with Gasteiger partial charge in [0.25, 0.3) is 5.56 Å². The van der Waals surface area contributed by atoms with E-state index in [-0.39, 0.29) is 54.4 Å². The Bertz CT molecular complexity index is 1160. The van der Waals surface area contributed by atoms with Crippen LogP contribution in [-0.4, -0.2) is 57.9 Å². The number of β-amino-alcohol motifs (C(OH)–C–C–N with tert-alkyl or cyclic N) is 1. The lowest BCUT2D eigenvalue weighted by Gasteiger charge is -2.26. The van der Waals surface area contributed by atoms with Gasteiger partial charge in [-0.2, -0.15) is 4.68 Å². The lowest BCUT2D eigenvalue weighted by atomic mass is 10.0. The summed E-state index contributed by atoms with van der Waals surface area (Å²) in [5, 5.41) is 21.5. The minimum absolute atomic E-state index is 0.000721. The Labute approximate surface area is 169 Å². The van der Waals surface area contributed by atoms with Crippen molar-refractivity contribution in [2.75, 3.05) is 37.5 Å². The number of nitrogens with two attached hydrogens (primary N) is 1. The van der Waals surface area contributed by atoms with Gasteiger partial charge in [0.05, 0.1) is 19.0 Å². The van der Waals surface area contributed by atoms with Gasteiger partial charge in [0, 0.05) is 19.1 Å². The molecule has 2 aliphatic rings. The first-order valence-corrected chi connectivity index (χ1v) is 9.44. The highest BCUT2D eigenvalue weighted by molar-refractivity contribution is 5.91. The number of rotatable bonds is 5. The predicted molar refractivity (Wildman–Crippen MR) is 105 cm³/mol. The first-order chi connectivity index (χ1) is 14.2. The monoisotopic (exact) mass is 423 g/mol. The Morgan fingerprint density at radius 2 is 2.13 bits per heavy atom. The van der Waals surface area contributed by atoms with E-state index in [1.54, 1.807) is 0 Å². The molecule has 11 nitrogen and oxygen atoms in total. The molecule has 1 unspecified atom stereocenters. The maximum Gasteiger partial charge on any atom is 0.404 e. The van der Waals surface area contributed by atoms with Gasteiger partial charge in [0.15, 0.2) is 11.6 Å². The molecule has 4 rings (SSSR count). The number of hydrogen-bond donors (Lipinski definition) is 4. The first-order valence-electron chi connectivity index (χ1n) is 9.44. The largest absolute Gasteiger partial charge is 0.492 e. The van der Waals surface area contributed by atoms with Crippen molar-refractivity contribution < 1.29 is 24.1 Å². The summed E-state index contributed by atoms with van der Waals surface area (Å²) in [7, 11) is 1.31. The van der Waals surface area contributed by atoms with Crippen molar-refractivity contribution in [3.63, 3.8) is 0 Å². The molecule has 12 heteroatoms. The van der Waals surface area contributed by atoms with Crippen LogP contribution in [0.25, 0.3) is 10.9 Å². The third-order valence-electron chi connectivity index (χ3n) is 5.62. The topological polar surface area (TPSA) is 152 Å². The van der Waals surface area contributed by atoms with Crippen molar-refractivity contribution in [1.82, 2.24) is 14.6 Å². The summed E-state index contributed by atoms with van der Waals surface area (Å²) in [5.41, 5.74) is -2.79. The van der Waals surface area contributed by atoms with Crippen LogP contribution < -0.4 is 32.0 Å². The minimum atomic E-state index is -1.40. The van der Waals surface area contributed by atoms with E-state index in [9.17, 15) is 19.5 Å². The molecule has 5 N–H and O–H groups in total. The van der Waals surface area contributed by atoms with Crippen molar-refractivity contribution in [2.45, 2.75) is 30.9 Å². The van der Waals surface area contributed by atoms with Crippen LogP contribution in [0.15, 0.2) is 15.7 Å². The highest BCUT2D eigenvalue weighted by Gasteiger charge is 2.40. The maximum atomic E-state index is 15.2. The number of fused-ring (bicyclic) bond motifs is 1. The first kappa shape index (κ1) is 20.0. The van der Waals surface area contributed by atoms with Crippen LogP contribution in [0, 0.1) is 5.82 Å². The van der Waals surface area contributed by atoms with Gasteiger partial charge in [-0.15, -0.1) is 0 Å². The SMILES string of the molecule is COc1c(N2CCC(O)(CNC(=O)O)C2)c(F)cc2c(=O)n(N)c(=O)n(C3CC3)c12. The van der Waals surface area contributed by atoms with E-state index in [4.69, 9.17) is 15.7 Å². The third kappa shape index (κ3) is 3.12. The number of nitrogens with zero attached hydrogens (tertiary/aromatic N) is 3. The van der Waals surface area contributed by atoms with Crippen LogP contribution in [0.1, 0.15) is 25.3 Å².